The van der Waals surface area contributed by atoms with Crippen molar-refractivity contribution in [2.45, 2.75) is 110 Å². The third-order valence-corrected chi connectivity index (χ3v) is 10.4. The second kappa shape index (κ2) is 14.8. The fraction of sp³-hybridized carbons (Fsp3) is 0.912. The summed E-state index contributed by atoms with van der Waals surface area (Å²) in [5.41, 5.74) is 0.647. The first-order chi connectivity index (χ1) is 20.6. The minimum Gasteiger partial charge on any atom is -0.386 e. The van der Waals surface area contributed by atoms with E-state index >= 15 is 0 Å². The Balaban J connectivity index is 1.51. The summed E-state index contributed by atoms with van der Waals surface area (Å²) in [6.07, 6.45) is 4.88. The van der Waals surface area contributed by atoms with Crippen molar-refractivity contribution in [1.29, 1.82) is 0 Å². The van der Waals surface area contributed by atoms with Crippen molar-refractivity contribution in [2.75, 3.05) is 61.1 Å². The number of ether oxygens (including phenoxy) is 4. The van der Waals surface area contributed by atoms with Gasteiger partial charge in [0.2, 0.25) is 0 Å². The number of nitrogens with zero attached hydrogens (tertiary/aromatic N) is 5. The molecule has 0 radical (unpaired) electrons. The van der Waals surface area contributed by atoms with Gasteiger partial charge < -0.3 is 33.9 Å². The number of methoxy groups -OCH3 is 1. The van der Waals surface area contributed by atoms with E-state index in [9.17, 15) is 5.11 Å². The summed E-state index contributed by atoms with van der Waals surface area (Å²) < 4.78 is 28.0. The number of aliphatic hydroxyl groups excluding tert-OH is 1. The maximum absolute atomic E-state index is 11.4. The van der Waals surface area contributed by atoms with Gasteiger partial charge >= 0.3 is 0 Å². The van der Waals surface area contributed by atoms with Gasteiger partial charge in [-0.15, -0.1) is 0 Å². The maximum atomic E-state index is 11.4. The molecule has 0 amide bonds. The van der Waals surface area contributed by atoms with Crippen LogP contribution in [0.1, 0.15) is 66.4 Å². The summed E-state index contributed by atoms with van der Waals surface area (Å²) >= 11 is 0. The van der Waals surface area contributed by atoms with Gasteiger partial charge in [0, 0.05) is 70.1 Å². The van der Waals surface area contributed by atoms with Crippen molar-refractivity contribution in [3.63, 3.8) is 0 Å². The lowest BCUT2D eigenvalue weighted by molar-refractivity contribution is -0.298. The van der Waals surface area contributed by atoms with Crippen LogP contribution in [0.3, 0.4) is 0 Å². The average Bonchev–Trinajstić information content (AvgIpc) is 3.32. The van der Waals surface area contributed by atoms with Crippen LogP contribution in [0.4, 0.5) is 0 Å². The molecule has 9 atom stereocenters. The second-order valence-electron chi connectivity index (χ2n) is 15.8. The van der Waals surface area contributed by atoms with Crippen LogP contribution in [0.15, 0.2) is 12.4 Å². The lowest BCUT2D eigenvalue weighted by Crippen LogP contribution is -2.58. The van der Waals surface area contributed by atoms with Gasteiger partial charge in [0.15, 0.2) is 6.29 Å². The minimum atomic E-state index is -0.736. The molecule has 4 rings (SSSR count). The molecule has 3 fully saturated rings. The Labute approximate surface area is 267 Å². The first-order valence-corrected chi connectivity index (χ1v) is 16.8. The van der Waals surface area contributed by atoms with E-state index in [2.05, 4.69) is 74.6 Å². The molecular weight excluding hydrogens is 558 g/mol. The first-order valence-electron chi connectivity index (χ1n) is 16.8. The second-order valence-corrected chi connectivity index (χ2v) is 15.8. The Bertz CT molecular complexity index is 1030. The van der Waals surface area contributed by atoms with Gasteiger partial charge in [-0.05, 0) is 71.5 Å². The molecule has 3 aliphatic heterocycles. The predicted octanol–water partition coefficient (Wildman–Crippen LogP) is 3.48. The van der Waals surface area contributed by atoms with Gasteiger partial charge in [0.1, 0.15) is 6.10 Å². The van der Waals surface area contributed by atoms with Crippen molar-refractivity contribution >= 4 is 0 Å². The number of likely N-dealkylation sites (tertiary alicyclic amines) is 1. The molecule has 10 nitrogen and oxygen atoms in total. The fourth-order valence-electron chi connectivity index (χ4n) is 8.29. The van der Waals surface area contributed by atoms with Crippen molar-refractivity contribution in [3.05, 3.63) is 18.0 Å². The van der Waals surface area contributed by atoms with Gasteiger partial charge in [-0.2, -0.15) is 5.10 Å². The highest BCUT2D eigenvalue weighted by Crippen LogP contribution is 2.39. The molecule has 1 N–H and O–H groups in total. The molecule has 3 saturated heterocycles. The first kappa shape index (κ1) is 35.7. The SMILES string of the molecule is CO[C@]1(C)C[C@@H](C)CN(C)[C@H](C2CN(Cc3cnn(C)c3)C2)COCC(C)(C)C[C@@H](C)[C@H]1O[C@@H]1O[C@H](C)C[C@H](N(C)C)[C@H]1O. The molecule has 10 heteroatoms. The number of aromatic nitrogens is 2. The Morgan fingerprint density at radius 1 is 1.09 bits per heavy atom. The molecule has 3 aliphatic rings. The van der Waals surface area contributed by atoms with Crippen molar-refractivity contribution in [1.82, 2.24) is 24.5 Å². The van der Waals surface area contributed by atoms with Crippen LogP contribution in [0.5, 0.6) is 0 Å². The summed E-state index contributed by atoms with van der Waals surface area (Å²) in [6, 6.07) is 0.330. The third-order valence-electron chi connectivity index (χ3n) is 10.4. The lowest BCUT2D eigenvalue weighted by Gasteiger charge is -2.48. The summed E-state index contributed by atoms with van der Waals surface area (Å²) in [7, 11) is 10.1. The maximum Gasteiger partial charge on any atom is 0.185 e. The minimum absolute atomic E-state index is 0.00389. The highest BCUT2D eigenvalue weighted by Gasteiger charge is 2.47. The summed E-state index contributed by atoms with van der Waals surface area (Å²) in [4.78, 5) is 7.12. The Morgan fingerprint density at radius 3 is 2.41 bits per heavy atom. The molecule has 254 valence electrons. The van der Waals surface area contributed by atoms with Crippen LogP contribution in [0.25, 0.3) is 0 Å². The highest BCUT2D eigenvalue weighted by molar-refractivity contribution is 5.05. The standard InChI is InChI=1S/C34H63N5O5/c1-23-13-34(6,41-11)31(44-32-30(40)28(36(7)8)12-25(3)43-32)24(2)14-33(4,5)22-42-21-29(37(9)16-23)27-19-39(20-27)18-26-15-35-38(10)17-26/h15,17,23-25,27-32,40H,12-14,16,18-22H2,1-11H3/t23-,24-,25-,28+,29+,30-,31-,32+,34-/m1/s1. The molecule has 1 aromatic rings. The molecule has 44 heavy (non-hydrogen) atoms. The molecular formula is C34H63N5O5. The van der Waals surface area contributed by atoms with Crippen molar-refractivity contribution in [3.8, 4) is 0 Å². The normalized spacial score (nSPS) is 38.9. The largest absolute Gasteiger partial charge is 0.386 e. The van der Waals surface area contributed by atoms with E-state index in [1.165, 1.54) is 5.56 Å². The number of likely N-dealkylation sites (N-methyl/N-ethyl adjacent to an activating group) is 2. The molecule has 0 spiro atoms. The molecule has 1 aromatic heterocycles. The zero-order valence-corrected chi connectivity index (χ0v) is 29.5. The van der Waals surface area contributed by atoms with Gasteiger partial charge in [-0.3, -0.25) is 9.58 Å². The fourth-order valence-corrected chi connectivity index (χ4v) is 8.29. The van der Waals surface area contributed by atoms with E-state index in [4.69, 9.17) is 18.9 Å². The molecule has 0 aromatic carbocycles. The zero-order chi connectivity index (χ0) is 32.4. The quantitative estimate of drug-likeness (QED) is 0.492. The van der Waals surface area contributed by atoms with Crippen molar-refractivity contribution in [2.24, 2.45) is 30.2 Å². The Kier molecular flexibility index (Phi) is 12.0. The molecule has 0 bridgehead atoms. The smallest absolute Gasteiger partial charge is 0.185 e. The predicted molar refractivity (Wildman–Crippen MR) is 173 cm³/mol. The van der Waals surface area contributed by atoms with Gasteiger partial charge in [-0.1, -0.05) is 27.7 Å². The van der Waals surface area contributed by atoms with E-state index in [-0.39, 0.29) is 29.6 Å². The number of rotatable bonds is 7. The summed E-state index contributed by atoms with van der Waals surface area (Å²) in [6.45, 7) is 18.9. The van der Waals surface area contributed by atoms with Gasteiger partial charge in [-0.25, -0.2) is 0 Å². The van der Waals surface area contributed by atoms with Gasteiger partial charge in [0.05, 0.1) is 37.2 Å². The summed E-state index contributed by atoms with van der Waals surface area (Å²) in [5, 5.41) is 15.7. The number of aryl methyl sites for hydroxylation is 1. The highest BCUT2D eigenvalue weighted by atomic mass is 16.7. The summed E-state index contributed by atoms with van der Waals surface area (Å²) in [5.74, 6) is 1.08. The van der Waals surface area contributed by atoms with Gasteiger partial charge in [0.25, 0.3) is 0 Å². The lowest BCUT2D eigenvalue weighted by atomic mass is 9.75. The van der Waals surface area contributed by atoms with E-state index in [0.717, 1.165) is 52.0 Å². The van der Waals surface area contributed by atoms with Crippen LogP contribution in [0, 0.1) is 23.2 Å². The average molecular weight is 622 g/mol. The van der Waals surface area contributed by atoms with Crippen LogP contribution >= 0.6 is 0 Å². The monoisotopic (exact) mass is 621 g/mol. The number of aliphatic hydroxyl groups is 1. The molecule has 0 aliphatic carbocycles. The van der Waals surface area contributed by atoms with Crippen molar-refractivity contribution < 1.29 is 24.1 Å². The number of hydrogen-bond donors (Lipinski definition) is 1. The van der Waals surface area contributed by atoms with E-state index in [1.54, 1.807) is 0 Å². The molecule has 4 heterocycles. The van der Waals surface area contributed by atoms with E-state index in [0.29, 0.717) is 24.5 Å². The van der Waals surface area contributed by atoms with E-state index < -0.39 is 18.0 Å². The molecule has 0 saturated carbocycles. The topological polar surface area (TPSA) is 84.7 Å². The van der Waals surface area contributed by atoms with Crippen LogP contribution in [-0.2, 0) is 32.5 Å². The van der Waals surface area contributed by atoms with Crippen LogP contribution < -0.4 is 0 Å². The van der Waals surface area contributed by atoms with E-state index in [1.807, 2.05) is 39.1 Å². The number of hydrogen-bond acceptors (Lipinski definition) is 9. The molecule has 0 unspecified atom stereocenters. The van der Waals surface area contributed by atoms with Crippen LogP contribution in [0.2, 0.25) is 0 Å². The Hall–Kier alpha value is -1.11. The van der Waals surface area contributed by atoms with Crippen LogP contribution in [-0.4, -0.2) is 133 Å². The third kappa shape index (κ3) is 8.82. The Morgan fingerprint density at radius 2 is 1.80 bits per heavy atom. The zero-order valence-electron chi connectivity index (χ0n) is 29.5.